The lowest BCUT2D eigenvalue weighted by Gasteiger charge is -2.07. The number of nitrogens with one attached hydrogen (secondary N) is 1. The summed E-state index contributed by atoms with van der Waals surface area (Å²) in [5.74, 6) is -0.495. The molecule has 0 spiro atoms. The molecule has 0 aliphatic rings. The van der Waals surface area contributed by atoms with Crippen molar-refractivity contribution >= 4 is 11.9 Å². The summed E-state index contributed by atoms with van der Waals surface area (Å²) in [6.45, 7) is 3.86. The average Bonchev–Trinajstić information content (AvgIpc) is 3.22. The van der Waals surface area contributed by atoms with Crippen molar-refractivity contribution in [2.75, 3.05) is 5.32 Å². The van der Waals surface area contributed by atoms with Crippen LogP contribution in [-0.2, 0) is 6.18 Å². The Balaban J connectivity index is 1.75. The van der Waals surface area contributed by atoms with Crippen LogP contribution in [0.15, 0.2) is 40.9 Å². The van der Waals surface area contributed by atoms with E-state index in [9.17, 15) is 18.0 Å². The lowest BCUT2D eigenvalue weighted by Crippen LogP contribution is -2.13. The second-order valence-electron chi connectivity index (χ2n) is 5.70. The third kappa shape index (κ3) is 3.58. The second kappa shape index (κ2) is 6.62. The number of carbonyl (C=O) groups excluding carboxylic acids is 1. The van der Waals surface area contributed by atoms with E-state index in [1.54, 1.807) is 16.9 Å². The molecule has 26 heavy (non-hydrogen) atoms. The van der Waals surface area contributed by atoms with Gasteiger partial charge in [-0.05, 0) is 44.2 Å². The Labute approximate surface area is 145 Å². The monoisotopic (exact) mass is 365 g/mol. The van der Waals surface area contributed by atoms with E-state index >= 15 is 0 Å². The highest BCUT2D eigenvalue weighted by Gasteiger charge is 2.30. The van der Waals surface area contributed by atoms with Gasteiger partial charge in [0.1, 0.15) is 5.69 Å². The van der Waals surface area contributed by atoms with Gasteiger partial charge in [0.25, 0.3) is 11.8 Å². The molecule has 1 N–H and O–H groups in total. The normalized spacial score (nSPS) is 11.8. The predicted octanol–water partition coefficient (Wildman–Crippen LogP) is 3.79. The van der Waals surface area contributed by atoms with E-state index < -0.39 is 17.6 Å². The van der Waals surface area contributed by atoms with Crippen molar-refractivity contribution in [1.82, 2.24) is 20.0 Å². The minimum absolute atomic E-state index is 0.0324. The highest BCUT2D eigenvalue weighted by molar-refractivity contribution is 6.03. The van der Waals surface area contributed by atoms with Crippen LogP contribution < -0.4 is 5.32 Å². The molecule has 0 radical (unpaired) electrons. The van der Waals surface area contributed by atoms with Gasteiger partial charge >= 0.3 is 12.2 Å². The van der Waals surface area contributed by atoms with Crippen molar-refractivity contribution in [3.05, 3.63) is 47.7 Å². The number of carbonyl (C=O) groups is 1. The third-order valence-electron chi connectivity index (χ3n) is 3.50. The maximum atomic E-state index is 12.6. The first-order valence-corrected chi connectivity index (χ1v) is 7.61. The molecule has 2 heterocycles. The van der Waals surface area contributed by atoms with Gasteiger partial charge in [0.2, 0.25) is 0 Å². The summed E-state index contributed by atoms with van der Waals surface area (Å²) in [6, 6.07) is 5.39. The number of hydrogen-bond acceptors (Lipinski definition) is 5. The number of halogens is 3. The second-order valence-corrected chi connectivity index (χ2v) is 5.70. The van der Waals surface area contributed by atoms with Gasteiger partial charge in [0, 0.05) is 17.8 Å². The van der Waals surface area contributed by atoms with Crippen LogP contribution in [0.5, 0.6) is 0 Å². The van der Waals surface area contributed by atoms with Crippen molar-refractivity contribution in [3.8, 4) is 11.6 Å². The molecule has 0 aliphatic heterocycles. The van der Waals surface area contributed by atoms with E-state index in [-0.39, 0.29) is 23.5 Å². The lowest BCUT2D eigenvalue weighted by atomic mass is 10.1. The lowest BCUT2D eigenvalue weighted by molar-refractivity contribution is -0.137. The fourth-order valence-electron chi connectivity index (χ4n) is 2.25. The van der Waals surface area contributed by atoms with Gasteiger partial charge in [-0.1, -0.05) is 5.10 Å². The van der Waals surface area contributed by atoms with E-state index in [0.717, 1.165) is 24.3 Å². The Kier molecular flexibility index (Phi) is 4.49. The number of rotatable bonds is 4. The quantitative estimate of drug-likeness (QED) is 0.760. The Morgan fingerprint density at radius 2 is 1.85 bits per heavy atom. The maximum absolute atomic E-state index is 12.6. The molecular formula is C16H14F3N5O2. The predicted molar refractivity (Wildman–Crippen MR) is 85.3 cm³/mol. The molecule has 0 bridgehead atoms. The van der Waals surface area contributed by atoms with Gasteiger partial charge in [0.05, 0.1) is 5.56 Å². The maximum Gasteiger partial charge on any atom is 0.416 e. The minimum atomic E-state index is -4.46. The van der Waals surface area contributed by atoms with Crippen LogP contribution in [-0.4, -0.2) is 25.9 Å². The van der Waals surface area contributed by atoms with E-state index in [0.29, 0.717) is 5.69 Å². The first-order chi connectivity index (χ1) is 12.3. The smallest absolute Gasteiger partial charge is 0.401 e. The number of nitrogens with zero attached hydrogens (tertiary/aromatic N) is 4. The van der Waals surface area contributed by atoms with Crippen molar-refractivity contribution in [3.63, 3.8) is 0 Å². The Morgan fingerprint density at radius 3 is 2.46 bits per heavy atom. The zero-order valence-electron chi connectivity index (χ0n) is 13.8. The topological polar surface area (TPSA) is 85.8 Å². The summed E-state index contributed by atoms with van der Waals surface area (Å²) in [7, 11) is 0. The summed E-state index contributed by atoms with van der Waals surface area (Å²) in [5.41, 5.74) is -0.219. The summed E-state index contributed by atoms with van der Waals surface area (Å²) < 4.78 is 44.7. The van der Waals surface area contributed by atoms with Crippen molar-refractivity contribution in [1.29, 1.82) is 0 Å². The molecule has 1 amide bonds. The zero-order valence-corrected chi connectivity index (χ0v) is 13.8. The van der Waals surface area contributed by atoms with Gasteiger partial charge in [-0.25, -0.2) is 0 Å². The molecule has 0 aliphatic carbocycles. The Bertz CT molecular complexity index is 913. The van der Waals surface area contributed by atoms with Crippen LogP contribution in [0.1, 0.15) is 35.8 Å². The van der Waals surface area contributed by atoms with E-state index in [1.807, 2.05) is 13.8 Å². The molecule has 0 atom stereocenters. The summed E-state index contributed by atoms with van der Waals surface area (Å²) in [5, 5.41) is 14.1. The van der Waals surface area contributed by atoms with Crippen LogP contribution in [0.3, 0.4) is 0 Å². The Morgan fingerprint density at radius 1 is 1.15 bits per heavy atom. The van der Waals surface area contributed by atoms with Gasteiger partial charge in [-0.15, -0.1) is 5.10 Å². The van der Waals surface area contributed by atoms with Gasteiger partial charge in [-0.2, -0.15) is 18.3 Å². The molecular weight excluding hydrogens is 351 g/mol. The third-order valence-corrected chi connectivity index (χ3v) is 3.50. The molecule has 1 aromatic carbocycles. The van der Waals surface area contributed by atoms with Crippen LogP contribution in [0.4, 0.5) is 19.2 Å². The van der Waals surface area contributed by atoms with Crippen molar-refractivity contribution in [2.45, 2.75) is 26.1 Å². The summed E-state index contributed by atoms with van der Waals surface area (Å²) in [4.78, 5) is 12.1. The number of hydrogen-bond donors (Lipinski definition) is 1. The fraction of sp³-hybridized carbons (Fsp3) is 0.250. The molecule has 10 heteroatoms. The molecule has 2 aromatic heterocycles. The Hall–Kier alpha value is -3.17. The molecule has 0 saturated heterocycles. The molecule has 7 nitrogen and oxygen atoms in total. The van der Waals surface area contributed by atoms with Crippen molar-refractivity contribution in [2.24, 2.45) is 0 Å². The number of alkyl halides is 3. The van der Waals surface area contributed by atoms with E-state index in [2.05, 4.69) is 20.6 Å². The molecule has 0 unspecified atom stereocenters. The highest BCUT2D eigenvalue weighted by Crippen LogP contribution is 2.29. The van der Waals surface area contributed by atoms with Crippen molar-refractivity contribution < 1.29 is 22.4 Å². The molecule has 136 valence electrons. The highest BCUT2D eigenvalue weighted by atomic mass is 19.4. The number of amides is 1. The minimum Gasteiger partial charge on any atom is -0.401 e. The van der Waals surface area contributed by atoms with Crippen LogP contribution >= 0.6 is 0 Å². The first kappa shape index (κ1) is 17.6. The standard InChI is InChI=1S/C16H14F3N5O2/c1-9(2)24-12(7-8-20-24)14-22-23-15(26-14)21-13(25)10-3-5-11(6-4-10)16(17,18)19/h3-9H,1-2H3,(H,21,23,25). The molecule has 3 rings (SSSR count). The first-order valence-electron chi connectivity index (χ1n) is 7.61. The molecule has 0 saturated carbocycles. The van der Waals surface area contributed by atoms with Crippen LogP contribution in [0.25, 0.3) is 11.6 Å². The molecule has 0 fully saturated rings. The van der Waals surface area contributed by atoms with Gasteiger partial charge in [-0.3, -0.25) is 14.8 Å². The largest absolute Gasteiger partial charge is 0.416 e. The molecule has 3 aromatic rings. The van der Waals surface area contributed by atoms with Gasteiger partial charge in [0.15, 0.2) is 0 Å². The van der Waals surface area contributed by atoms with Gasteiger partial charge < -0.3 is 4.42 Å². The zero-order chi connectivity index (χ0) is 18.9. The summed E-state index contributed by atoms with van der Waals surface area (Å²) >= 11 is 0. The summed E-state index contributed by atoms with van der Waals surface area (Å²) in [6.07, 6.45) is -2.88. The number of anilines is 1. The SMILES string of the molecule is CC(C)n1nccc1-c1nnc(NC(=O)c2ccc(C(F)(F)F)cc2)o1. The van der Waals surface area contributed by atoms with E-state index in [4.69, 9.17) is 4.42 Å². The average molecular weight is 365 g/mol. The number of aromatic nitrogens is 4. The fourth-order valence-corrected chi connectivity index (χ4v) is 2.25. The van der Waals surface area contributed by atoms with Crippen LogP contribution in [0.2, 0.25) is 0 Å². The van der Waals surface area contributed by atoms with E-state index in [1.165, 1.54) is 0 Å². The number of benzene rings is 1. The van der Waals surface area contributed by atoms with Crippen LogP contribution in [0, 0.1) is 0 Å².